The number of primary amides is 1. The summed E-state index contributed by atoms with van der Waals surface area (Å²) in [6, 6.07) is 6.23. The number of nitrogens with one attached hydrogen (secondary N) is 1. The lowest BCUT2D eigenvalue weighted by Crippen LogP contribution is -2.21. The number of hydrogen-bond acceptors (Lipinski definition) is 5. The van der Waals surface area contributed by atoms with Crippen LogP contribution in [0.5, 0.6) is 0 Å². The summed E-state index contributed by atoms with van der Waals surface area (Å²) in [5.74, 6) is 0.666. The van der Waals surface area contributed by atoms with Crippen molar-refractivity contribution >= 4 is 38.7 Å². The molecular formula is C23H31N3O3S2. The second kappa shape index (κ2) is 8.96. The number of amides is 1. The van der Waals surface area contributed by atoms with Crippen LogP contribution in [0.4, 0.5) is 0 Å². The minimum atomic E-state index is -2.43. The van der Waals surface area contributed by atoms with Crippen LogP contribution in [0.15, 0.2) is 29.8 Å². The third kappa shape index (κ3) is 4.68. The molecule has 0 aliphatic carbocycles. The summed E-state index contributed by atoms with van der Waals surface area (Å²) in [4.78, 5) is 19.2. The van der Waals surface area contributed by atoms with Gasteiger partial charge < -0.3 is 10.7 Å². The highest BCUT2D eigenvalue weighted by Gasteiger charge is 2.27. The van der Waals surface area contributed by atoms with E-state index in [0.717, 1.165) is 60.1 Å². The van der Waals surface area contributed by atoms with Crippen LogP contribution in [0.25, 0.3) is 22.0 Å². The number of carbonyl (C=O) groups excluding carboxylic acids is 1. The average molecular weight is 462 g/mol. The van der Waals surface area contributed by atoms with Crippen molar-refractivity contribution in [3.8, 4) is 11.1 Å². The van der Waals surface area contributed by atoms with Crippen LogP contribution < -0.4 is 5.73 Å². The number of aromatic nitrogens is 1. The van der Waals surface area contributed by atoms with Crippen molar-refractivity contribution in [2.75, 3.05) is 24.6 Å². The molecule has 1 saturated heterocycles. The Bertz CT molecular complexity index is 1080. The van der Waals surface area contributed by atoms with E-state index in [1.807, 2.05) is 12.3 Å². The molecule has 1 aromatic carbocycles. The van der Waals surface area contributed by atoms with Crippen molar-refractivity contribution in [3.63, 3.8) is 0 Å². The molecule has 5 N–H and O–H groups in total. The van der Waals surface area contributed by atoms with Crippen LogP contribution in [0.1, 0.15) is 53.4 Å². The highest BCUT2D eigenvalue weighted by Crippen LogP contribution is 2.49. The molecule has 8 heteroatoms. The topological polar surface area (TPSA) is 103 Å². The number of nitrogens with two attached hydrogens (primary N) is 1. The molecule has 0 unspecified atom stereocenters. The Hall–Kier alpha value is -1.84. The van der Waals surface area contributed by atoms with Gasteiger partial charge in [0.25, 0.3) is 5.91 Å². The Labute approximate surface area is 188 Å². The molecule has 2 aromatic heterocycles. The summed E-state index contributed by atoms with van der Waals surface area (Å²) in [5.41, 5.74) is 10.2. The Morgan fingerprint density at radius 3 is 2.55 bits per heavy atom. The monoisotopic (exact) mass is 461 g/mol. The van der Waals surface area contributed by atoms with E-state index in [2.05, 4.69) is 41.2 Å². The quantitative estimate of drug-likeness (QED) is 0.375. The van der Waals surface area contributed by atoms with Gasteiger partial charge in [-0.15, -0.1) is 11.3 Å². The molecule has 3 aromatic rings. The first kappa shape index (κ1) is 22.4. The molecule has 0 radical (unpaired) electrons. The number of aromatic amines is 1. The van der Waals surface area contributed by atoms with E-state index in [1.54, 1.807) is 11.3 Å². The predicted molar refractivity (Wildman–Crippen MR) is 131 cm³/mol. The van der Waals surface area contributed by atoms with Crippen LogP contribution in [0, 0.1) is 0 Å². The molecule has 1 aliphatic heterocycles. The summed E-state index contributed by atoms with van der Waals surface area (Å²) in [6.45, 7) is 7.29. The van der Waals surface area contributed by atoms with Crippen molar-refractivity contribution in [3.05, 3.63) is 45.8 Å². The van der Waals surface area contributed by atoms with Gasteiger partial charge in [0, 0.05) is 34.5 Å². The third-order valence-corrected chi connectivity index (χ3v) is 9.07. The van der Waals surface area contributed by atoms with Gasteiger partial charge in [-0.2, -0.15) is 10.6 Å². The fourth-order valence-electron chi connectivity index (χ4n) is 4.45. The summed E-state index contributed by atoms with van der Waals surface area (Å²) >= 11 is 1.74. The molecule has 1 amide bonds. The van der Waals surface area contributed by atoms with Gasteiger partial charge in [-0.1, -0.05) is 13.8 Å². The lowest BCUT2D eigenvalue weighted by atomic mass is 9.91. The van der Waals surface area contributed by atoms with Crippen molar-refractivity contribution in [1.82, 2.24) is 9.88 Å². The van der Waals surface area contributed by atoms with Crippen LogP contribution in [-0.4, -0.2) is 49.5 Å². The van der Waals surface area contributed by atoms with Gasteiger partial charge in [0.1, 0.15) is 0 Å². The number of carbonyl (C=O) groups is 1. The molecule has 0 spiro atoms. The fourth-order valence-corrected chi connectivity index (χ4v) is 6.92. The van der Waals surface area contributed by atoms with Crippen molar-refractivity contribution < 1.29 is 13.9 Å². The van der Waals surface area contributed by atoms with Gasteiger partial charge in [-0.05, 0) is 72.1 Å². The highest BCUT2D eigenvalue weighted by molar-refractivity contribution is 8.24. The largest absolute Gasteiger partial charge is 0.366 e. The maximum atomic E-state index is 12.2. The molecule has 1 fully saturated rings. The number of benzene rings is 1. The van der Waals surface area contributed by atoms with Gasteiger partial charge >= 0.3 is 0 Å². The van der Waals surface area contributed by atoms with Crippen molar-refractivity contribution in [1.29, 1.82) is 0 Å². The van der Waals surface area contributed by atoms with E-state index in [1.165, 1.54) is 4.88 Å². The normalized spacial score (nSPS) is 18.0. The van der Waals surface area contributed by atoms with E-state index in [9.17, 15) is 13.9 Å². The molecule has 0 bridgehead atoms. The SMILES string of the molecule is CCN(CC)Cc1cc(-c2cc(C(N)=O)c3[nH]cc(C4CCS(O)(O)CC4)c3c2)cs1. The van der Waals surface area contributed by atoms with Crippen LogP contribution in [0.2, 0.25) is 0 Å². The maximum absolute atomic E-state index is 12.2. The average Bonchev–Trinajstić information content (AvgIpc) is 3.38. The molecule has 0 saturated carbocycles. The minimum absolute atomic E-state index is 0.241. The number of fused-ring (bicyclic) bond motifs is 1. The second-order valence-electron chi connectivity index (χ2n) is 8.30. The Morgan fingerprint density at radius 1 is 1.19 bits per heavy atom. The number of thiophene rings is 1. The van der Waals surface area contributed by atoms with Gasteiger partial charge in [0.2, 0.25) is 0 Å². The Balaban J connectivity index is 1.72. The van der Waals surface area contributed by atoms with E-state index < -0.39 is 16.5 Å². The third-order valence-electron chi connectivity index (χ3n) is 6.37. The molecule has 0 atom stereocenters. The van der Waals surface area contributed by atoms with Crippen molar-refractivity contribution in [2.45, 2.75) is 39.2 Å². The van der Waals surface area contributed by atoms with Crippen LogP contribution in [-0.2, 0) is 6.54 Å². The number of hydrogen-bond donors (Lipinski definition) is 4. The summed E-state index contributed by atoms with van der Waals surface area (Å²) in [5, 5.41) is 3.15. The molecule has 168 valence electrons. The van der Waals surface area contributed by atoms with Gasteiger partial charge in [-0.3, -0.25) is 18.8 Å². The van der Waals surface area contributed by atoms with E-state index in [4.69, 9.17) is 5.73 Å². The maximum Gasteiger partial charge on any atom is 0.250 e. The highest BCUT2D eigenvalue weighted by atomic mass is 32.3. The van der Waals surface area contributed by atoms with Crippen molar-refractivity contribution in [2.24, 2.45) is 5.73 Å². The number of nitrogens with zero attached hydrogens (tertiary/aromatic N) is 1. The first-order valence-corrected chi connectivity index (χ1v) is 13.6. The van der Waals surface area contributed by atoms with E-state index >= 15 is 0 Å². The molecule has 6 nitrogen and oxygen atoms in total. The molecule has 4 rings (SSSR count). The lowest BCUT2D eigenvalue weighted by molar-refractivity contribution is 0.100. The van der Waals surface area contributed by atoms with E-state index in [0.29, 0.717) is 17.1 Å². The zero-order valence-corrected chi connectivity index (χ0v) is 19.7. The molecule has 31 heavy (non-hydrogen) atoms. The zero-order chi connectivity index (χ0) is 22.2. The molecular weight excluding hydrogens is 430 g/mol. The van der Waals surface area contributed by atoms with E-state index in [-0.39, 0.29) is 5.92 Å². The number of rotatable bonds is 7. The summed E-state index contributed by atoms with van der Waals surface area (Å²) in [7, 11) is -2.43. The zero-order valence-electron chi connectivity index (χ0n) is 18.1. The van der Waals surface area contributed by atoms with Gasteiger partial charge in [-0.25, -0.2) is 0 Å². The first-order valence-electron chi connectivity index (χ1n) is 10.8. The summed E-state index contributed by atoms with van der Waals surface area (Å²) < 4.78 is 20.0. The Morgan fingerprint density at radius 2 is 1.90 bits per heavy atom. The number of H-pyrrole nitrogens is 1. The summed E-state index contributed by atoms with van der Waals surface area (Å²) in [6.07, 6.45) is 3.43. The predicted octanol–water partition coefficient (Wildman–Crippen LogP) is 5.47. The molecule has 3 heterocycles. The standard InChI is InChI=1S/C23H31N3O3S2/c1-3-26(4-2)13-18-9-17(14-30-18)16-10-19-21(15-5-7-31(28,29)8-6-15)12-25-22(19)20(11-16)23(24)27/h9-12,14-15,25,28-29H,3-8,13H2,1-2H3,(H2,24,27). The van der Waals surface area contributed by atoms with Crippen LogP contribution in [0.3, 0.4) is 0 Å². The minimum Gasteiger partial charge on any atom is -0.366 e. The smallest absolute Gasteiger partial charge is 0.250 e. The van der Waals surface area contributed by atoms with Gasteiger partial charge in [0.15, 0.2) is 0 Å². The Kier molecular flexibility index (Phi) is 6.46. The second-order valence-corrected chi connectivity index (χ2v) is 11.7. The molecule has 1 aliphatic rings. The van der Waals surface area contributed by atoms with Gasteiger partial charge in [0.05, 0.1) is 11.1 Å². The lowest BCUT2D eigenvalue weighted by Gasteiger charge is -2.39. The van der Waals surface area contributed by atoms with Crippen LogP contribution >= 0.6 is 21.9 Å². The fraction of sp³-hybridized carbons (Fsp3) is 0.435. The first-order chi connectivity index (χ1) is 14.8.